The van der Waals surface area contributed by atoms with E-state index >= 15 is 0 Å². The Bertz CT molecular complexity index is 584. The Kier molecular flexibility index (Phi) is 5.62. The monoisotopic (exact) mass is 304 g/mol. The van der Waals surface area contributed by atoms with Gasteiger partial charge in [-0.15, -0.1) is 0 Å². The number of hydrogen-bond acceptors (Lipinski definition) is 3. The van der Waals surface area contributed by atoms with Crippen molar-refractivity contribution in [2.75, 3.05) is 7.11 Å². The molecule has 0 aliphatic carbocycles. The van der Waals surface area contributed by atoms with Crippen molar-refractivity contribution >= 4 is 11.6 Å². The van der Waals surface area contributed by atoms with Gasteiger partial charge in [0.25, 0.3) is 0 Å². The summed E-state index contributed by atoms with van der Waals surface area (Å²) < 4.78 is 5.16. The highest BCUT2D eigenvalue weighted by Gasteiger charge is 2.13. The van der Waals surface area contributed by atoms with E-state index in [1.807, 2.05) is 31.2 Å². The predicted molar refractivity (Wildman–Crippen MR) is 87.6 cm³/mol. The highest BCUT2D eigenvalue weighted by Crippen LogP contribution is 2.27. The second kappa shape index (κ2) is 7.46. The number of nitrogens with two attached hydrogens (primary N) is 1. The van der Waals surface area contributed by atoms with E-state index in [0.717, 1.165) is 34.7 Å². The summed E-state index contributed by atoms with van der Waals surface area (Å²) >= 11 is 6.31. The molecule has 0 saturated heterocycles. The van der Waals surface area contributed by atoms with Crippen molar-refractivity contribution in [1.82, 2.24) is 5.43 Å². The second-order valence-electron chi connectivity index (χ2n) is 5.13. The zero-order valence-corrected chi connectivity index (χ0v) is 13.2. The standard InChI is InChI=1S/C17H21ClN2O/c1-12-3-9-15(16(18)11-12)17(20-19)10-6-13-4-7-14(21-2)8-5-13/h3-5,7-9,11,17,20H,6,10,19H2,1-2H3. The number of benzene rings is 2. The van der Waals surface area contributed by atoms with E-state index in [-0.39, 0.29) is 6.04 Å². The summed E-state index contributed by atoms with van der Waals surface area (Å²) in [6.07, 6.45) is 1.80. The number of halogens is 1. The first-order valence-corrected chi connectivity index (χ1v) is 7.37. The Balaban J connectivity index is 2.04. The van der Waals surface area contributed by atoms with E-state index < -0.39 is 0 Å². The Hall–Kier alpha value is -1.55. The summed E-state index contributed by atoms with van der Waals surface area (Å²) in [6, 6.07) is 14.2. The molecule has 3 nitrogen and oxygen atoms in total. The molecule has 0 saturated carbocycles. The number of ether oxygens (including phenoxy) is 1. The largest absolute Gasteiger partial charge is 0.497 e. The lowest BCUT2D eigenvalue weighted by molar-refractivity contribution is 0.414. The maximum absolute atomic E-state index is 6.31. The van der Waals surface area contributed by atoms with Crippen molar-refractivity contribution in [3.63, 3.8) is 0 Å². The topological polar surface area (TPSA) is 47.3 Å². The number of hydrazine groups is 1. The number of methoxy groups -OCH3 is 1. The van der Waals surface area contributed by atoms with E-state index in [4.69, 9.17) is 22.2 Å². The minimum absolute atomic E-state index is 0.0419. The predicted octanol–water partition coefficient (Wildman–Crippen LogP) is 3.79. The van der Waals surface area contributed by atoms with Crippen LogP contribution in [-0.2, 0) is 6.42 Å². The lowest BCUT2D eigenvalue weighted by Crippen LogP contribution is -2.28. The maximum Gasteiger partial charge on any atom is 0.118 e. The molecule has 0 spiro atoms. The normalized spacial score (nSPS) is 12.2. The van der Waals surface area contributed by atoms with Crippen molar-refractivity contribution in [1.29, 1.82) is 0 Å². The average molecular weight is 305 g/mol. The molecule has 0 aliphatic heterocycles. The Morgan fingerprint density at radius 3 is 2.48 bits per heavy atom. The molecule has 112 valence electrons. The molecule has 0 amide bonds. The summed E-state index contributed by atoms with van der Waals surface area (Å²) in [4.78, 5) is 0. The highest BCUT2D eigenvalue weighted by molar-refractivity contribution is 6.31. The number of hydrogen-bond donors (Lipinski definition) is 2. The van der Waals surface area contributed by atoms with Crippen LogP contribution in [0.4, 0.5) is 0 Å². The number of aryl methyl sites for hydroxylation is 2. The first-order valence-electron chi connectivity index (χ1n) is 6.99. The minimum atomic E-state index is 0.0419. The summed E-state index contributed by atoms with van der Waals surface area (Å²) in [7, 11) is 1.67. The maximum atomic E-state index is 6.31. The average Bonchev–Trinajstić information content (AvgIpc) is 2.50. The lowest BCUT2D eigenvalue weighted by Gasteiger charge is -2.18. The Morgan fingerprint density at radius 2 is 1.90 bits per heavy atom. The molecule has 2 aromatic rings. The zero-order chi connectivity index (χ0) is 15.2. The van der Waals surface area contributed by atoms with Gasteiger partial charge in [-0.25, -0.2) is 0 Å². The van der Waals surface area contributed by atoms with Gasteiger partial charge in [0.05, 0.1) is 7.11 Å². The van der Waals surface area contributed by atoms with Crippen LogP contribution in [0.15, 0.2) is 42.5 Å². The van der Waals surface area contributed by atoms with Gasteiger partial charge in [-0.1, -0.05) is 35.9 Å². The van der Waals surface area contributed by atoms with Gasteiger partial charge >= 0.3 is 0 Å². The zero-order valence-electron chi connectivity index (χ0n) is 12.4. The van der Waals surface area contributed by atoms with Crippen LogP contribution in [0, 0.1) is 6.92 Å². The van der Waals surface area contributed by atoms with Crippen LogP contribution in [0.5, 0.6) is 5.75 Å². The van der Waals surface area contributed by atoms with E-state index in [2.05, 4.69) is 23.6 Å². The molecule has 0 bridgehead atoms. The Morgan fingerprint density at radius 1 is 1.19 bits per heavy atom. The fourth-order valence-electron chi connectivity index (χ4n) is 2.35. The van der Waals surface area contributed by atoms with Gasteiger partial charge in [-0.05, 0) is 54.7 Å². The molecule has 0 aliphatic rings. The van der Waals surface area contributed by atoms with Gasteiger partial charge < -0.3 is 4.74 Å². The lowest BCUT2D eigenvalue weighted by atomic mass is 9.98. The molecule has 0 aromatic heterocycles. The van der Waals surface area contributed by atoms with Crippen LogP contribution in [0.1, 0.15) is 29.2 Å². The van der Waals surface area contributed by atoms with Crippen LogP contribution in [0.3, 0.4) is 0 Å². The third kappa shape index (κ3) is 4.21. The molecule has 0 radical (unpaired) electrons. The fourth-order valence-corrected chi connectivity index (χ4v) is 2.71. The SMILES string of the molecule is COc1ccc(CCC(NN)c2ccc(C)cc2Cl)cc1. The summed E-state index contributed by atoms with van der Waals surface area (Å²) in [5.74, 6) is 6.56. The van der Waals surface area contributed by atoms with Crippen molar-refractivity contribution in [2.24, 2.45) is 5.84 Å². The molecule has 2 aromatic carbocycles. The van der Waals surface area contributed by atoms with E-state index in [9.17, 15) is 0 Å². The van der Waals surface area contributed by atoms with Crippen LogP contribution < -0.4 is 16.0 Å². The molecule has 2 rings (SSSR count). The molecule has 21 heavy (non-hydrogen) atoms. The van der Waals surface area contributed by atoms with Gasteiger partial charge in [0.2, 0.25) is 0 Å². The smallest absolute Gasteiger partial charge is 0.118 e. The summed E-state index contributed by atoms with van der Waals surface area (Å²) in [5.41, 5.74) is 6.30. The van der Waals surface area contributed by atoms with Gasteiger partial charge in [0.1, 0.15) is 5.75 Å². The van der Waals surface area contributed by atoms with E-state index in [1.165, 1.54) is 5.56 Å². The van der Waals surface area contributed by atoms with Crippen LogP contribution >= 0.6 is 11.6 Å². The molecule has 0 heterocycles. The molecule has 1 atom stereocenters. The molecule has 3 N–H and O–H groups in total. The summed E-state index contributed by atoms with van der Waals surface area (Å²) in [5, 5.41) is 0.757. The van der Waals surface area contributed by atoms with E-state index in [0.29, 0.717) is 0 Å². The molecule has 4 heteroatoms. The third-order valence-corrected chi connectivity index (χ3v) is 3.94. The first kappa shape index (κ1) is 15.8. The van der Waals surface area contributed by atoms with Crippen molar-refractivity contribution < 1.29 is 4.74 Å². The molecule has 1 unspecified atom stereocenters. The van der Waals surface area contributed by atoms with Crippen molar-refractivity contribution in [3.8, 4) is 5.75 Å². The highest BCUT2D eigenvalue weighted by atomic mass is 35.5. The second-order valence-corrected chi connectivity index (χ2v) is 5.54. The van der Waals surface area contributed by atoms with Crippen LogP contribution in [-0.4, -0.2) is 7.11 Å². The molecule has 0 fully saturated rings. The van der Waals surface area contributed by atoms with Gasteiger partial charge in [-0.2, -0.15) is 0 Å². The van der Waals surface area contributed by atoms with Crippen molar-refractivity contribution in [2.45, 2.75) is 25.8 Å². The van der Waals surface area contributed by atoms with Crippen LogP contribution in [0.2, 0.25) is 5.02 Å². The van der Waals surface area contributed by atoms with Gasteiger partial charge in [0, 0.05) is 11.1 Å². The van der Waals surface area contributed by atoms with Gasteiger partial charge in [0.15, 0.2) is 0 Å². The first-order chi connectivity index (χ1) is 10.1. The Labute approximate surface area is 131 Å². The van der Waals surface area contributed by atoms with Crippen LogP contribution in [0.25, 0.3) is 0 Å². The number of rotatable bonds is 6. The molecular formula is C17H21ClN2O. The van der Waals surface area contributed by atoms with Crippen molar-refractivity contribution in [3.05, 3.63) is 64.2 Å². The third-order valence-electron chi connectivity index (χ3n) is 3.61. The molecular weight excluding hydrogens is 284 g/mol. The van der Waals surface area contributed by atoms with Gasteiger partial charge in [-0.3, -0.25) is 11.3 Å². The number of nitrogens with one attached hydrogen (secondary N) is 1. The fraction of sp³-hybridized carbons (Fsp3) is 0.294. The minimum Gasteiger partial charge on any atom is -0.497 e. The van der Waals surface area contributed by atoms with E-state index in [1.54, 1.807) is 7.11 Å². The summed E-state index contributed by atoms with van der Waals surface area (Å²) in [6.45, 7) is 2.03. The quantitative estimate of drug-likeness (QED) is 0.630.